The minimum absolute atomic E-state index is 0.101. The third-order valence-corrected chi connectivity index (χ3v) is 5.56. The summed E-state index contributed by atoms with van der Waals surface area (Å²) in [5.74, 6) is 1.07. The van der Waals surface area contributed by atoms with Gasteiger partial charge in [0.2, 0.25) is 10.0 Å². The van der Waals surface area contributed by atoms with Crippen LogP contribution in [0.3, 0.4) is 0 Å². The Labute approximate surface area is 120 Å². The van der Waals surface area contributed by atoms with E-state index in [4.69, 9.17) is 9.15 Å². The van der Waals surface area contributed by atoms with Gasteiger partial charge < -0.3 is 14.5 Å². The summed E-state index contributed by atoms with van der Waals surface area (Å²) in [5.41, 5.74) is 0. The number of furan rings is 1. The lowest BCUT2D eigenvalue weighted by Gasteiger charge is -2.33. The Morgan fingerprint density at radius 3 is 2.90 bits per heavy atom. The minimum Gasteiger partial charge on any atom is -0.464 e. The Morgan fingerprint density at radius 1 is 1.50 bits per heavy atom. The van der Waals surface area contributed by atoms with E-state index in [1.165, 1.54) is 4.31 Å². The van der Waals surface area contributed by atoms with Gasteiger partial charge in [-0.2, -0.15) is 4.31 Å². The second kappa shape index (κ2) is 6.26. The molecule has 1 aliphatic rings. The fraction of sp³-hybridized carbons (Fsp3) is 0.692. The molecule has 1 N–H and O–H groups in total. The number of nitrogens with zero attached hydrogens (tertiary/aromatic N) is 1. The van der Waals surface area contributed by atoms with Gasteiger partial charge in [0.05, 0.1) is 19.8 Å². The lowest BCUT2D eigenvalue weighted by Crippen LogP contribution is -2.48. The number of ether oxygens (including phenoxy) is 1. The molecule has 0 saturated carbocycles. The molecule has 20 heavy (non-hydrogen) atoms. The monoisotopic (exact) mass is 302 g/mol. The van der Waals surface area contributed by atoms with Crippen molar-refractivity contribution in [3.8, 4) is 0 Å². The molecule has 0 amide bonds. The van der Waals surface area contributed by atoms with Gasteiger partial charge in [-0.3, -0.25) is 0 Å². The van der Waals surface area contributed by atoms with Gasteiger partial charge in [0, 0.05) is 18.7 Å². The first-order valence-electron chi connectivity index (χ1n) is 6.84. The molecule has 1 unspecified atom stereocenters. The first-order chi connectivity index (χ1) is 9.50. The van der Waals surface area contributed by atoms with Crippen molar-refractivity contribution in [3.63, 3.8) is 0 Å². The van der Waals surface area contributed by atoms with Crippen LogP contribution in [0, 0.1) is 6.92 Å². The minimum atomic E-state index is -3.52. The Bertz CT molecular complexity index is 553. The highest BCUT2D eigenvalue weighted by Gasteiger charge is 2.35. The SMILES string of the molecule is CCC1COCCN1S(=O)(=O)c1cc(CNC)oc1C. The quantitative estimate of drug-likeness (QED) is 0.882. The first kappa shape index (κ1) is 15.5. The van der Waals surface area contributed by atoms with E-state index >= 15 is 0 Å². The highest BCUT2D eigenvalue weighted by Crippen LogP contribution is 2.27. The number of sulfonamides is 1. The molecule has 6 nitrogen and oxygen atoms in total. The van der Waals surface area contributed by atoms with Crippen LogP contribution in [0.5, 0.6) is 0 Å². The molecule has 1 aromatic rings. The lowest BCUT2D eigenvalue weighted by molar-refractivity contribution is 0.0314. The molecule has 1 aromatic heterocycles. The van der Waals surface area contributed by atoms with Crippen molar-refractivity contribution in [2.24, 2.45) is 0 Å². The van der Waals surface area contributed by atoms with Crippen molar-refractivity contribution in [2.75, 3.05) is 26.8 Å². The summed E-state index contributed by atoms with van der Waals surface area (Å²) in [6, 6.07) is 1.51. The van der Waals surface area contributed by atoms with Crippen molar-refractivity contribution in [2.45, 2.75) is 37.8 Å². The summed E-state index contributed by atoms with van der Waals surface area (Å²) in [4.78, 5) is 0.267. The zero-order valence-corrected chi connectivity index (χ0v) is 13.0. The average Bonchev–Trinajstić information content (AvgIpc) is 2.81. The second-order valence-corrected chi connectivity index (χ2v) is 6.78. The molecular formula is C13H22N2O4S. The summed E-state index contributed by atoms with van der Waals surface area (Å²) in [5, 5.41) is 2.95. The fourth-order valence-corrected chi connectivity index (χ4v) is 4.30. The maximum atomic E-state index is 12.8. The predicted octanol–water partition coefficient (Wildman–Crippen LogP) is 1.11. The van der Waals surface area contributed by atoms with E-state index in [2.05, 4.69) is 5.32 Å². The van der Waals surface area contributed by atoms with Gasteiger partial charge in [-0.1, -0.05) is 6.92 Å². The number of rotatable bonds is 5. The van der Waals surface area contributed by atoms with E-state index in [0.717, 1.165) is 6.42 Å². The molecule has 114 valence electrons. The topological polar surface area (TPSA) is 71.8 Å². The van der Waals surface area contributed by atoms with Crippen LogP contribution in [0.15, 0.2) is 15.4 Å². The Morgan fingerprint density at radius 2 is 2.25 bits per heavy atom. The summed E-state index contributed by atoms with van der Waals surface area (Å²) in [7, 11) is -1.73. The number of nitrogens with one attached hydrogen (secondary N) is 1. The van der Waals surface area contributed by atoms with Gasteiger partial charge in [0.1, 0.15) is 16.4 Å². The van der Waals surface area contributed by atoms with Gasteiger partial charge in [-0.25, -0.2) is 8.42 Å². The number of aryl methyl sites for hydroxylation is 1. The maximum Gasteiger partial charge on any atom is 0.246 e. The Balaban J connectivity index is 2.33. The van der Waals surface area contributed by atoms with Gasteiger partial charge in [-0.05, 0) is 20.4 Å². The Hall–Kier alpha value is -0.890. The van der Waals surface area contributed by atoms with E-state index < -0.39 is 10.0 Å². The van der Waals surface area contributed by atoms with Crippen LogP contribution in [0.2, 0.25) is 0 Å². The van der Waals surface area contributed by atoms with E-state index in [1.54, 1.807) is 20.0 Å². The molecular weight excluding hydrogens is 280 g/mol. The number of hydrogen-bond acceptors (Lipinski definition) is 5. The smallest absolute Gasteiger partial charge is 0.246 e. The number of morpholine rings is 1. The standard InChI is InChI=1S/C13H22N2O4S/c1-4-11-9-18-6-5-15(11)20(16,17)13-7-12(8-14-3)19-10(13)2/h7,11,14H,4-6,8-9H2,1-3H3. The van der Waals surface area contributed by atoms with Crippen LogP contribution >= 0.6 is 0 Å². The van der Waals surface area contributed by atoms with Crippen LogP contribution in [0.4, 0.5) is 0 Å². The van der Waals surface area contributed by atoms with Crippen LogP contribution in [-0.2, 0) is 21.3 Å². The molecule has 0 spiro atoms. The maximum absolute atomic E-state index is 12.8. The van der Waals surface area contributed by atoms with Crippen LogP contribution < -0.4 is 5.32 Å². The zero-order chi connectivity index (χ0) is 14.8. The molecule has 1 fully saturated rings. The van der Waals surface area contributed by atoms with Crippen molar-refractivity contribution in [3.05, 3.63) is 17.6 Å². The fourth-order valence-electron chi connectivity index (χ4n) is 2.45. The second-order valence-electron chi connectivity index (χ2n) is 4.92. The molecule has 2 rings (SSSR count). The molecule has 0 aromatic carbocycles. The molecule has 1 saturated heterocycles. The predicted molar refractivity (Wildman–Crippen MR) is 75.0 cm³/mol. The molecule has 0 aliphatic carbocycles. The largest absolute Gasteiger partial charge is 0.464 e. The first-order valence-corrected chi connectivity index (χ1v) is 8.28. The zero-order valence-electron chi connectivity index (χ0n) is 12.2. The van der Waals surface area contributed by atoms with Crippen LogP contribution in [0.1, 0.15) is 24.9 Å². The van der Waals surface area contributed by atoms with Gasteiger partial charge in [0.15, 0.2) is 0 Å². The van der Waals surface area contributed by atoms with E-state index in [-0.39, 0.29) is 10.9 Å². The van der Waals surface area contributed by atoms with Crippen molar-refractivity contribution in [1.82, 2.24) is 9.62 Å². The highest BCUT2D eigenvalue weighted by molar-refractivity contribution is 7.89. The third-order valence-electron chi connectivity index (χ3n) is 3.51. The summed E-state index contributed by atoms with van der Waals surface area (Å²) < 4.78 is 38.0. The highest BCUT2D eigenvalue weighted by atomic mass is 32.2. The summed E-state index contributed by atoms with van der Waals surface area (Å²) in [6.07, 6.45) is 0.736. The summed E-state index contributed by atoms with van der Waals surface area (Å²) in [6.45, 7) is 5.46. The van der Waals surface area contributed by atoms with Crippen LogP contribution in [-0.4, -0.2) is 45.6 Å². The third kappa shape index (κ3) is 2.90. The van der Waals surface area contributed by atoms with Crippen molar-refractivity contribution < 1.29 is 17.6 Å². The number of hydrogen-bond donors (Lipinski definition) is 1. The van der Waals surface area contributed by atoms with Crippen molar-refractivity contribution in [1.29, 1.82) is 0 Å². The molecule has 1 atom stereocenters. The van der Waals surface area contributed by atoms with Gasteiger partial charge in [0.25, 0.3) is 0 Å². The molecule has 2 heterocycles. The molecule has 1 aliphatic heterocycles. The molecule has 0 bridgehead atoms. The van der Waals surface area contributed by atoms with E-state index in [0.29, 0.717) is 37.8 Å². The lowest BCUT2D eigenvalue weighted by atomic mass is 10.2. The van der Waals surface area contributed by atoms with Crippen molar-refractivity contribution >= 4 is 10.0 Å². The van der Waals surface area contributed by atoms with Gasteiger partial charge in [-0.15, -0.1) is 0 Å². The molecule has 7 heteroatoms. The molecule has 0 radical (unpaired) electrons. The average molecular weight is 302 g/mol. The van der Waals surface area contributed by atoms with E-state index in [1.807, 2.05) is 6.92 Å². The summed E-state index contributed by atoms with van der Waals surface area (Å²) >= 11 is 0. The van der Waals surface area contributed by atoms with E-state index in [9.17, 15) is 8.42 Å². The van der Waals surface area contributed by atoms with Gasteiger partial charge >= 0.3 is 0 Å². The normalized spacial score (nSPS) is 21.2. The van der Waals surface area contributed by atoms with Crippen LogP contribution in [0.25, 0.3) is 0 Å². The Kier molecular flexibility index (Phi) is 4.85.